The first kappa shape index (κ1) is 13.8. The Morgan fingerprint density at radius 3 is 3.00 bits per heavy atom. The molecule has 1 aliphatic heterocycles. The van der Waals surface area contributed by atoms with Gasteiger partial charge in [0.15, 0.2) is 5.13 Å². The van der Waals surface area contributed by atoms with Crippen molar-refractivity contribution >= 4 is 16.5 Å². The largest absolute Gasteiger partial charge is 0.381 e. The Morgan fingerprint density at radius 1 is 1.50 bits per heavy atom. The molecule has 1 aromatic rings. The highest BCUT2D eigenvalue weighted by molar-refractivity contribution is 7.13. The van der Waals surface area contributed by atoms with Crippen LogP contribution in [0.1, 0.15) is 25.5 Å². The Hall–Kier alpha value is -0.650. The zero-order chi connectivity index (χ0) is 12.8. The maximum absolute atomic E-state index is 5.40. The molecule has 0 amide bonds. The second-order valence-corrected chi connectivity index (χ2v) is 5.67. The fraction of sp³-hybridized carbons (Fsp3) is 0.769. The highest BCUT2D eigenvalue weighted by Gasteiger charge is 2.17. The van der Waals surface area contributed by atoms with Crippen LogP contribution in [0.4, 0.5) is 5.13 Å². The molecule has 0 aromatic carbocycles. The van der Waals surface area contributed by atoms with Crippen molar-refractivity contribution < 1.29 is 4.74 Å². The monoisotopic (exact) mass is 269 g/mol. The zero-order valence-corrected chi connectivity index (χ0v) is 12.1. The number of hydrogen-bond acceptors (Lipinski definition) is 5. The predicted molar refractivity (Wildman–Crippen MR) is 76.3 cm³/mol. The minimum atomic E-state index is 0.755. The first-order valence-electron chi connectivity index (χ1n) is 6.73. The first-order chi connectivity index (χ1) is 8.79. The van der Waals surface area contributed by atoms with Gasteiger partial charge < -0.3 is 15.0 Å². The summed E-state index contributed by atoms with van der Waals surface area (Å²) in [5.74, 6) is 0.755. The molecule has 0 atom stereocenters. The van der Waals surface area contributed by atoms with Gasteiger partial charge in [-0.05, 0) is 25.3 Å². The molecule has 0 unspecified atom stereocenters. The van der Waals surface area contributed by atoms with Gasteiger partial charge in [-0.15, -0.1) is 11.3 Å². The van der Waals surface area contributed by atoms with E-state index in [2.05, 4.69) is 34.6 Å². The van der Waals surface area contributed by atoms with E-state index in [4.69, 9.17) is 4.74 Å². The Morgan fingerprint density at radius 2 is 2.28 bits per heavy atom. The van der Waals surface area contributed by atoms with Crippen molar-refractivity contribution in [1.29, 1.82) is 0 Å². The molecule has 0 bridgehead atoms. The van der Waals surface area contributed by atoms with Gasteiger partial charge in [-0.25, -0.2) is 4.98 Å². The van der Waals surface area contributed by atoms with Crippen LogP contribution in [0, 0.1) is 5.92 Å². The molecule has 1 saturated heterocycles. The van der Waals surface area contributed by atoms with E-state index < -0.39 is 0 Å². The predicted octanol–water partition coefficient (Wildman–Crippen LogP) is 2.12. The molecule has 1 aromatic heterocycles. The lowest BCUT2D eigenvalue weighted by Crippen LogP contribution is -2.29. The van der Waals surface area contributed by atoms with Crippen LogP contribution < -0.4 is 10.2 Å². The van der Waals surface area contributed by atoms with Crippen LogP contribution in [0.2, 0.25) is 0 Å². The van der Waals surface area contributed by atoms with Crippen LogP contribution >= 0.6 is 11.3 Å². The summed E-state index contributed by atoms with van der Waals surface area (Å²) < 4.78 is 5.40. The van der Waals surface area contributed by atoms with Crippen molar-refractivity contribution in [2.24, 2.45) is 5.92 Å². The molecule has 1 aliphatic rings. The van der Waals surface area contributed by atoms with Crippen molar-refractivity contribution in [3.63, 3.8) is 0 Å². The summed E-state index contributed by atoms with van der Waals surface area (Å²) in [5, 5.41) is 6.59. The van der Waals surface area contributed by atoms with Gasteiger partial charge >= 0.3 is 0 Å². The number of rotatable bonds is 6. The van der Waals surface area contributed by atoms with Crippen LogP contribution in [0.5, 0.6) is 0 Å². The standard InChI is InChI=1S/C13H23N3OS/c1-3-14-8-12-10-18-13(15-12)16(2)9-11-4-6-17-7-5-11/h10-11,14H,3-9H2,1-2H3. The van der Waals surface area contributed by atoms with Gasteiger partial charge in [0, 0.05) is 38.7 Å². The van der Waals surface area contributed by atoms with Gasteiger partial charge in [-0.3, -0.25) is 0 Å². The zero-order valence-electron chi connectivity index (χ0n) is 11.3. The van der Waals surface area contributed by atoms with Crippen molar-refractivity contribution in [2.75, 3.05) is 38.3 Å². The van der Waals surface area contributed by atoms with E-state index in [0.717, 1.165) is 49.6 Å². The highest BCUT2D eigenvalue weighted by Crippen LogP contribution is 2.23. The second-order valence-electron chi connectivity index (χ2n) is 4.84. The molecule has 2 rings (SSSR count). The summed E-state index contributed by atoms with van der Waals surface area (Å²) in [6.07, 6.45) is 2.36. The minimum absolute atomic E-state index is 0.755. The molecular weight excluding hydrogens is 246 g/mol. The molecule has 1 fully saturated rings. The molecule has 0 saturated carbocycles. The molecule has 0 aliphatic carbocycles. The fourth-order valence-corrected chi connectivity index (χ4v) is 3.00. The van der Waals surface area contributed by atoms with Crippen LogP contribution in [0.3, 0.4) is 0 Å². The van der Waals surface area contributed by atoms with E-state index in [-0.39, 0.29) is 0 Å². The van der Waals surface area contributed by atoms with Gasteiger partial charge in [0.2, 0.25) is 0 Å². The summed E-state index contributed by atoms with van der Waals surface area (Å²) in [6, 6.07) is 0. The maximum atomic E-state index is 5.40. The number of nitrogens with one attached hydrogen (secondary N) is 1. The third-order valence-corrected chi connectivity index (χ3v) is 4.30. The summed E-state index contributed by atoms with van der Waals surface area (Å²) in [5.41, 5.74) is 1.15. The molecule has 4 nitrogen and oxygen atoms in total. The van der Waals surface area contributed by atoms with Gasteiger partial charge in [-0.1, -0.05) is 6.92 Å². The topological polar surface area (TPSA) is 37.4 Å². The first-order valence-corrected chi connectivity index (χ1v) is 7.61. The SMILES string of the molecule is CCNCc1csc(N(C)CC2CCOCC2)n1. The number of anilines is 1. The quantitative estimate of drug-likeness (QED) is 0.858. The number of ether oxygens (including phenoxy) is 1. The van der Waals surface area contributed by atoms with Crippen LogP contribution in [-0.2, 0) is 11.3 Å². The van der Waals surface area contributed by atoms with Gasteiger partial charge in [0.25, 0.3) is 0 Å². The molecule has 1 N–H and O–H groups in total. The van der Waals surface area contributed by atoms with Crippen LogP contribution in [0.15, 0.2) is 5.38 Å². The Labute approximate surface area is 113 Å². The number of nitrogens with zero attached hydrogens (tertiary/aromatic N) is 2. The van der Waals surface area contributed by atoms with E-state index in [1.54, 1.807) is 11.3 Å². The molecule has 2 heterocycles. The summed E-state index contributed by atoms with van der Waals surface area (Å²) >= 11 is 1.74. The molecule has 0 spiro atoms. The summed E-state index contributed by atoms with van der Waals surface area (Å²) in [7, 11) is 2.14. The summed E-state index contributed by atoms with van der Waals surface area (Å²) in [6.45, 7) is 6.91. The average molecular weight is 269 g/mol. The van der Waals surface area contributed by atoms with E-state index in [1.165, 1.54) is 12.8 Å². The average Bonchev–Trinajstić information content (AvgIpc) is 2.86. The van der Waals surface area contributed by atoms with Crippen molar-refractivity contribution in [3.05, 3.63) is 11.1 Å². The highest BCUT2D eigenvalue weighted by atomic mass is 32.1. The van der Waals surface area contributed by atoms with Crippen LogP contribution in [-0.4, -0.2) is 38.3 Å². The smallest absolute Gasteiger partial charge is 0.185 e. The van der Waals surface area contributed by atoms with Gasteiger partial charge in [-0.2, -0.15) is 0 Å². The van der Waals surface area contributed by atoms with Crippen LogP contribution in [0.25, 0.3) is 0 Å². The third kappa shape index (κ3) is 3.93. The number of thiazole rings is 1. The third-order valence-electron chi connectivity index (χ3n) is 3.30. The maximum Gasteiger partial charge on any atom is 0.185 e. The van der Waals surface area contributed by atoms with E-state index in [1.807, 2.05) is 0 Å². The number of hydrogen-bond donors (Lipinski definition) is 1. The van der Waals surface area contributed by atoms with E-state index in [9.17, 15) is 0 Å². The molecular formula is C13H23N3OS. The molecule has 18 heavy (non-hydrogen) atoms. The minimum Gasteiger partial charge on any atom is -0.381 e. The lowest BCUT2D eigenvalue weighted by molar-refractivity contribution is 0.0685. The van der Waals surface area contributed by atoms with Crippen molar-refractivity contribution in [1.82, 2.24) is 10.3 Å². The normalized spacial score (nSPS) is 17.0. The van der Waals surface area contributed by atoms with Crippen molar-refractivity contribution in [2.45, 2.75) is 26.3 Å². The lowest BCUT2D eigenvalue weighted by atomic mass is 10.0. The van der Waals surface area contributed by atoms with Crippen molar-refractivity contribution in [3.8, 4) is 0 Å². The Bertz CT molecular complexity index is 350. The Kier molecular flexibility index (Phi) is 5.41. The van der Waals surface area contributed by atoms with Gasteiger partial charge in [0.1, 0.15) is 0 Å². The summed E-state index contributed by atoms with van der Waals surface area (Å²) in [4.78, 5) is 6.95. The van der Waals surface area contributed by atoms with E-state index in [0.29, 0.717) is 0 Å². The van der Waals surface area contributed by atoms with Gasteiger partial charge in [0.05, 0.1) is 5.69 Å². The molecule has 102 valence electrons. The molecule has 5 heteroatoms. The fourth-order valence-electron chi connectivity index (χ4n) is 2.20. The number of aromatic nitrogens is 1. The van der Waals surface area contributed by atoms with E-state index >= 15 is 0 Å². The Balaban J connectivity index is 1.83. The second kappa shape index (κ2) is 7.07. The molecule has 0 radical (unpaired) electrons. The lowest BCUT2D eigenvalue weighted by Gasteiger charge is -2.26.